The highest BCUT2D eigenvalue weighted by atomic mass is 32.1. The highest BCUT2D eigenvalue weighted by Crippen LogP contribution is 2.28. The SMILES string of the molecule is O=C(NCCc1cccs1)C1(O)CCN(c2ccc(F)cc2)C1=O. The molecule has 24 heavy (non-hydrogen) atoms. The molecule has 2 aromatic rings. The quantitative estimate of drug-likeness (QED) is 0.809. The van der Waals surface area contributed by atoms with Gasteiger partial charge in [0.1, 0.15) is 5.82 Å². The zero-order chi connectivity index (χ0) is 17.2. The third-order valence-corrected chi connectivity index (χ3v) is 4.98. The molecule has 2 heterocycles. The van der Waals surface area contributed by atoms with Crippen LogP contribution in [0.1, 0.15) is 11.3 Å². The Kier molecular flexibility index (Phi) is 4.64. The van der Waals surface area contributed by atoms with Crippen LogP contribution in [0.15, 0.2) is 41.8 Å². The van der Waals surface area contributed by atoms with Gasteiger partial charge in [0.15, 0.2) is 0 Å². The first kappa shape index (κ1) is 16.6. The van der Waals surface area contributed by atoms with Crippen LogP contribution in [0.5, 0.6) is 0 Å². The highest BCUT2D eigenvalue weighted by Gasteiger charge is 2.51. The van der Waals surface area contributed by atoms with E-state index >= 15 is 0 Å². The number of amides is 2. The number of rotatable bonds is 5. The van der Waals surface area contributed by atoms with Crippen LogP contribution in [-0.2, 0) is 16.0 Å². The Morgan fingerprint density at radius 2 is 2.08 bits per heavy atom. The molecule has 1 aromatic carbocycles. The molecule has 1 aliphatic rings. The van der Waals surface area contributed by atoms with Gasteiger partial charge in [-0.15, -0.1) is 11.3 Å². The van der Waals surface area contributed by atoms with Crippen LogP contribution in [-0.4, -0.2) is 35.6 Å². The van der Waals surface area contributed by atoms with Crippen molar-refractivity contribution in [3.05, 3.63) is 52.5 Å². The van der Waals surface area contributed by atoms with Crippen molar-refractivity contribution in [1.82, 2.24) is 5.32 Å². The van der Waals surface area contributed by atoms with Crippen molar-refractivity contribution in [3.8, 4) is 0 Å². The van der Waals surface area contributed by atoms with Crippen LogP contribution in [0.25, 0.3) is 0 Å². The maximum absolute atomic E-state index is 13.0. The summed E-state index contributed by atoms with van der Waals surface area (Å²) in [6.07, 6.45) is 0.656. The minimum atomic E-state index is -2.07. The first-order valence-electron chi connectivity index (χ1n) is 7.61. The van der Waals surface area contributed by atoms with Gasteiger partial charge in [0.2, 0.25) is 5.60 Å². The molecule has 0 spiro atoms. The molecule has 0 aliphatic carbocycles. The van der Waals surface area contributed by atoms with Crippen molar-refractivity contribution >= 4 is 28.8 Å². The summed E-state index contributed by atoms with van der Waals surface area (Å²) < 4.78 is 13.0. The zero-order valence-electron chi connectivity index (χ0n) is 12.9. The number of hydrogen-bond acceptors (Lipinski definition) is 4. The van der Waals surface area contributed by atoms with E-state index in [2.05, 4.69) is 5.32 Å². The number of benzene rings is 1. The lowest BCUT2D eigenvalue weighted by Gasteiger charge is -2.21. The van der Waals surface area contributed by atoms with Crippen molar-refractivity contribution in [2.24, 2.45) is 0 Å². The fourth-order valence-corrected chi connectivity index (χ4v) is 3.39. The summed E-state index contributed by atoms with van der Waals surface area (Å²) >= 11 is 1.59. The minimum absolute atomic E-state index is 0.00798. The van der Waals surface area contributed by atoms with E-state index in [9.17, 15) is 19.1 Å². The van der Waals surface area contributed by atoms with E-state index in [1.807, 2.05) is 17.5 Å². The van der Waals surface area contributed by atoms with Crippen LogP contribution >= 0.6 is 11.3 Å². The maximum atomic E-state index is 13.0. The van der Waals surface area contributed by atoms with Gasteiger partial charge in [-0.3, -0.25) is 9.59 Å². The predicted molar refractivity (Wildman–Crippen MR) is 89.4 cm³/mol. The molecule has 126 valence electrons. The first-order chi connectivity index (χ1) is 11.5. The van der Waals surface area contributed by atoms with Crippen LogP contribution < -0.4 is 10.2 Å². The monoisotopic (exact) mass is 348 g/mol. The Balaban J connectivity index is 1.63. The van der Waals surface area contributed by atoms with Gasteiger partial charge < -0.3 is 15.3 Å². The summed E-state index contributed by atoms with van der Waals surface area (Å²) in [7, 11) is 0. The summed E-state index contributed by atoms with van der Waals surface area (Å²) in [4.78, 5) is 27.2. The molecule has 2 N–H and O–H groups in total. The number of nitrogens with one attached hydrogen (secondary N) is 1. The number of carbonyl (C=O) groups is 2. The summed E-state index contributed by atoms with van der Waals surface area (Å²) in [5.41, 5.74) is -1.60. The number of hydrogen-bond donors (Lipinski definition) is 2. The number of aliphatic hydroxyl groups is 1. The van der Waals surface area contributed by atoms with E-state index in [0.29, 0.717) is 18.7 Å². The maximum Gasteiger partial charge on any atom is 0.268 e. The summed E-state index contributed by atoms with van der Waals surface area (Å²) in [5.74, 6) is -1.77. The molecule has 1 aromatic heterocycles. The van der Waals surface area contributed by atoms with Crippen LogP contribution in [0.4, 0.5) is 10.1 Å². The van der Waals surface area contributed by atoms with Crippen molar-refractivity contribution in [2.75, 3.05) is 18.0 Å². The molecule has 7 heteroatoms. The zero-order valence-corrected chi connectivity index (χ0v) is 13.7. The average molecular weight is 348 g/mol. The average Bonchev–Trinajstić information content (AvgIpc) is 3.18. The van der Waals surface area contributed by atoms with Crippen LogP contribution in [0, 0.1) is 5.82 Å². The fourth-order valence-electron chi connectivity index (χ4n) is 2.68. The lowest BCUT2D eigenvalue weighted by atomic mass is 10.0. The van der Waals surface area contributed by atoms with Crippen LogP contribution in [0.2, 0.25) is 0 Å². The molecule has 1 saturated heterocycles. The molecule has 5 nitrogen and oxygen atoms in total. The molecular formula is C17H17FN2O3S. The Bertz CT molecular complexity index is 733. The number of halogens is 1. The highest BCUT2D eigenvalue weighted by molar-refractivity contribution is 7.09. The Labute approximate surface area is 142 Å². The van der Waals surface area contributed by atoms with Crippen molar-refractivity contribution in [2.45, 2.75) is 18.4 Å². The van der Waals surface area contributed by atoms with E-state index in [0.717, 1.165) is 4.88 Å². The van der Waals surface area contributed by atoms with Crippen molar-refractivity contribution in [3.63, 3.8) is 0 Å². The molecule has 1 fully saturated rings. The molecule has 3 rings (SSSR count). The summed E-state index contributed by atoms with van der Waals surface area (Å²) in [6, 6.07) is 9.27. The Hall–Kier alpha value is -2.25. The molecule has 1 atom stereocenters. The third-order valence-electron chi connectivity index (χ3n) is 4.05. The van der Waals surface area contributed by atoms with Gasteiger partial charge in [-0.2, -0.15) is 0 Å². The van der Waals surface area contributed by atoms with E-state index in [1.54, 1.807) is 11.3 Å². The molecular weight excluding hydrogens is 331 g/mol. The molecule has 1 aliphatic heterocycles. The van der Waals surface area contributed by atoms with Gasteiger partial charge in [-0.25, -0.2) is 4.39 Å². The van der Waals surface area contributed by atoms with Gasteiger partial charge in [-0.1, -0.05) is 6.07 Å². The number of anilines is 1. The van der Waals surface area contributed by atoms with Gasteiger partial charge in [0.05, 0.1) is 0 Å². The molecule has 0 radical (unpaired) electrons. The van der Waals surface area contributed by atoms with Gasteiger partial charge in [0, 0.05) is 30.1 Å². The van der Waals surface area contributed by atoms with E-state index in [-0.39, 0.29) is 13.0 Å². The summed E-state index contributed by atoms with van der Waals surface area (Å²) in [5, 5.41) is 15.1. The van der Waals surface area contributed by atoms with E-state index in [4.69, 9.17) is 0 Å². The topological polar surface area (TPSA) is 69.6 Å². The standard InChI is InChI=1S/C17H17FN2O3S/c18-12-3-5-13(6-4-12)20-10-8-17(23,16(20)22)15(21)19-9-7-14-2-1-11-24-14/h1-6,11,23H,7-10H2,(H,19,21). The van der Waals surface area contributed by atoms with Gasteiger partial charge >= 0.3 is 0 Å². The lowest BCUT2D eigenvalue weighted by molar-refractivity contribution is -0.149. The number of nitrogens with zero attached hydrogens (tertiary/aromatic N) is 1. The molecule has 0 saturated carbocycles. The fraction of sp³-hybridized carbons (Fsp3) is 0.294. The predicted octanol–water partition coefficient (Wildman–Crippen LogP) is 1.71. The number of carbonyl (C=O) groups excluding carboxylic acids is 2. The van der Waals surface area contributed by atoms with Gasteiger partial charge in [0.25, 0.3) is 11.8 Å². The smallest absolute Gasteiger partial charge is 0.268 e. The second-order valence-electron chi connectivity index (χ2n) is 5.63. The molecule has 2 amide bonds. The largest absolute Gasteiger partial charge is 0.372 e. The van der Waals surface area contributed by atoms with Crippen molar-refractivity contribution < 1.29 is 19.1 Å². The third kappa shape index (κ3) is 3.18. The molecule has 0 bridgehead atoms. The van der Waals surface area contributed by atoms with Gasteiger partial charge in [-0.05, 0) is 42.1 Å². The normalized spacial score (nSPS) is 20.4. The minimum Gasteiger partial charge on any atom is -0.372 e. The Morgan fingerprint density at radius 1 is 1.33 bits per heavy atom. The Morgan fingerprint density at radius 3 is 2.75 bits per heavy atom. The first-order valence-corrected chi connectivity index (χ1v) is 8.49. The van der Waals surface area contributed by atoms with E-state index in [1.165, 1.54) is 29.2 Å². The number of thiophene rings is 1. The molecule has 1 unspecified atom stereocenters. The van der Waals surface area contributed by atoms with Crippen LogP contribution in [0.3, 0.4) is 0 Å². The second kappa shape index (κ2) is 6.70. The summed E-state index contributed by atoms with van der Waals surface area (Å²) in [6.45, 7) is 0.560. The second-order valence-corrected chi connectivity index (χ2v) is 6.66. The van der Waals surface area contributed by atoms with Crippen molar-refractivity contribution in [1.29, 1.82) is 0 Å². The lowest BCUT2D eigenvalue weighted by Crippen LogP contribution is -2.52. The van der Waals surface area contributed by atoms with E-state index < -0.39 is 23.2 Å².